The van der Waals surface area contributed by atoms with Crippen molar-refractivity contribution < 1.29 is 4.74 Å². The number of rotatable bonds is 6. The van der Waals surface area contributed by atoms with Gasteiger partial charge in [0.1, 0.15) is 0 Å². The van der Waals surface area contributed by atoms with Crippen LogP contribution >= 0.6 is 0 Å². The van der Waals surface area contributed by atoms with Gasteiger partial charge >= 0.3 is 0 Å². The minimum Gasteiger partial charge on any atom is -0.383 e. The third kappa shape index (κ3) is 3.59. The van der Waals surface area contributed by atoms with Gasteiger partial charge in [-0.15, -0.1) is 0 Å². The lowest BCUT2D eigenvalue weighted by Crippen LogP contribution is -2.06. The fourth-order valence-corrected chi connectivity index (χ4v) is 1.92. The summed E-state index contributed by atoms with van der Waals surface area (Å²) in [6.07, 6.45) is 3.76. The van der Waals surface area contributed by atoms with Gasteiger partial charge in [0.15, 0.2) is 0 Å². The summed E-state index contributed by atoms with van der Waals surface area (Å²) in [6, 6.07) is 9.86. The highest BCUT2D eigenvalue weighted by molar-refractivity contribution is 5.42. The molecule has 0 aliphatic rings. The second kappa shape index (κ2) is 6.73. The van der Waals surface area contributed by atoms with Crippen molar-refractivity contribution in [2.45, 2.75) is 19.5 Å². The predicted molar refractivity (Wildman–Crippen MR) is 77.3 cm³/mol. The molecule has 0 saturated heterocycles. The molecule has 1 aromatic carbocycles. The Kier molecular flexibility index (Phi) is 4.75. The second-order valence-electron chi connectivity index (χ2n) is 4.58. The van der Waals surface area contributed by atoms with Crippen LogP contribution in [0.4, 0.5) is 5.69 Å². The van der Waals surface area contributed by atoms with E-state index in [9.17, 15) is 0 Å². The van der Waals surface area contributed by atoms with Crippen LogP contribution in [0.1, 0.15) is 24.1 Å². The summed E-state index contributed by atoms with van der Waals surface area (Å²) in [5.41, 5.74) is 2.78. The molecule has 0 aliphatic carbocycles. The quantitative estimate of drug-likeness (QED) is 0.876. The molecule has 1 atom stereocenters. The second-order valence-corrected chi connectivity index (χ2v) is 4.58. The molecule has 0 amide bonds. The lowest BCUT2D eigenvalue weighted by Gasteiger charge is -2.14. The fourth-order valence-electron chi connectivity index (χ4n) is 1.92. The highest BCUT2D eigenvalue weighted by Crippen LogP contribution is 2.19. The maximum atomic E-state index is 8.79. The molecular weight excluding hydrogens is 252 g/mol. The van der Waals surface area contributed by atoms with E-state index >= 15 is 0 Å². The molecule has 5 nitrogen and oxygen atoms in total. The summed E-state index contributed by atoms with van der Waals surface area (Å²) in [7, 11) is 1.68. The SMILES string of the molecule is COCCn1cc(NC(C)c2ccc(C#N)cc2)cn1. The number of benzene rings is 1. The molecule has 2 rings (SSSR count). The maximum Gasteiger partial charge on any atom is 0.0991 e. The van der Waals surface area contributed by atoms with Crippen molar-refractivity contribution in [1.29, 1.82) is 5.26 Å². The summed E-state index contributed by atoms with van der Waals surface area (Å²) in [6.45, 7) is 3.46. The fraction of sp³-hybridized carbons (Fsp3) is 0.333. The van der Waals surface area contributed by atoms with Gasteiger partial charge in [-0.3, -0.25) is 4.68 Å². The van der Waals surface area contributed by atoms with Crippen molar-refractivity contribution >= 4 is 5.69 Å². The summed E-state index contributed by atoms with van der Waals surface area (Å²) >= 11 is 0. The first-order chi connectivity index (χ1) is 9.72. The smallest absolute Gasteiger partial charge is 0.0991 e. The van der Waals surface area contributed by atoms with Gasteiger partial charge < -0.3 is 10.1 Å². The van der Waals surface area contributed by atoms with E-state index in [1.807, 2.05) is 35.1 Å². The minimum absolute atomic E-state index is 0.155. The highest BCUT2D eigenvalue weighted by Gasteiger charge is 2.06. The molecule has 104 valence electrons. The first-order valence-electron chi connectivity index (χ1n) is 6.51. The van der Waals surface area contributed by atoms with Gasteiger partial charge in [-0.1, -0.05) is 12.1 Å². The molecule has 1 N–H and O–H groups in total. The molecule has 0 spiro atoms. The monoisotopic (exact) mass is 270 g/mol. The Balaban J connectivity index is 1.98. The van der Waals surface area contributed by atoms with Gasteiger partial charge in [-0.25, -0.2) is 0 Å². The minimum atomic E-state index is 0.155. The van der Waals surface area contributed by atoms with Crippen molar-refractivity contribution in [3.63, 3.8) is 0 Å². The first kappa shape index (κ1) is 14.1. The Bertz CT molecular complexity index is 583. The lowest BCUT2D eigenvalue weighted by molar-refractivity contribution is 0.183. The summed E-state index contributed by atoms with van der Waals surface area (Å²) in [4.78, 5) is 0. The van der Waals surface area contributed by atoms with Crippen molar-refractivity contribution in [2.75, 3.05) is 19.0 Å². The van der Waals surface area contributed by atoms with Crippen LogP contribution in [0, 0.1) is 11.3 Å². The van der Waals surface area contributed by atoms with E-state index in [0.29, 0.717) is 12.2 Å². The van der Waals surface area contributed by atoms with Crippen LogP contribution in [0.25, 0.3) is 0 Å². The number of hydrogen-bond acceptors (Lipinski definition) is 4. The zero-order valence-electron chi connectivity index (χ0n) is 11.7. The Morgan fingerprint density at radius 3 is 2.80 bits per heavy atom. The van der Waals surface area contributed by atoms with Crippen molar-refractivity contribution in [2.24, 2.45) is 0 Å². The van der Waals surface area contributed by atoms with Crippen LogP contribution in [0.3, 0.4) is 0 Å². The van der Waals surface area contributed by atoms with Gasteiger partial charge in [-0.2, -0.15) is 10.4 Å². The average molecular weight is 270 g/mol. The summed E-state index contributed by atoms with van der Waals surface area (Å²) in [5, 5.41) is 16.4. The number of anilines is 1. The molecule has 0 saturated carbocycles. The standard InChI is InChI=1S/C15H18N4O/c1-12(14-5-3-13(9-16)4-6-14)18-15-10-17-19(11-15)7-8-20-2/h3-6,10-12,18H,7-8H2,1-2H3. The van der Waals surface area contributed by atoms with E-state index in [1.165, 1.54) is 0 Å². The van der Waals surface area contributed by atoms with Crippen LogP contribution in [0.2, 0.25) is 0 Å². The molecule has 5 heteroatoms. The van der Waals surface area contributed by atoms with E-state index in [0.717, 1.165) is 17.8 Å². The van der Waals surface area contributed by atoms with Crippen molar-refractivity contribution in [1.82, 2.24) is 9.78 Å². The first-order valence-corrected chi connectivity index (χ1v) is 6.51. The third-order valence-electron chi connectivity index (χ3n) is 3.08. The summed E-state index contributed by atoms with van der Waals surface area (Å²) < 4.78 is 6.86. The number of nitrogens with one attached hydrogen (secondary N) is 1. The van der Waals surface area contributed by atoms with Gasteiger partial charge in [0.2, 0.25) is 0 Å². The number of hydrogen-bond donors (Lipinski definition) is 1. The van der Waals surface area contributed by atoms with Crippen LogP contribution in [0.15, 0.2) is 36.7 Å². The van der Waals surface area contributed by atoms with E-state index in [1.54, 1.807) is 13.3 Å². The van der Waals surface area contributed by atoms with Gasteiger partial charge in [0.05, 0.1) is 36.7 Å². The molecule has 0 aliphatic heterocycles. The van der Waals surface area contributed by atoms with E-state index < -0.39 is 0 Å². The molecule has 1 unspecified atom stereocenters. The highest BCUT2D eigenvalue weighted by atomic mass is 16.5. The number of methoxy groups -OCH3 is 1. The zero-order chi connectivity index (χ0) is 14.4. The Morgan fingerprint density at radius 1 is 1.40 bits per heavy atom. The normalized spacial score (nSPS) is 11.8. The molecule has 20 heavy (non-hydrogen) atoms. The lowest BCUT2D eigenvalue weighted by atomic mass is 10.1. The molecule has 0 radical (unpaired) electrons. The van der Waals surface area contributed by atoms with E-state index in [4.69, 9.17) is 10.00 Å². The number of nitriles is 1. The number of ether oxygens (including phenoxy) is 1. The van der Waals surface area contributed by atoms with Gasteiger partial charge in [0.25, 0.3) is 0 Å². The Morgan fingerprint density at radius 2 is 2.15 bits per heavy atom. The van der Waals surface area contributed by atoms with Crippen molar-refractivity contribution in [3.05, 3.63) is 47.8 Å². The molecule has 1 aromatic heterocycles. The predicted octanol–water partition coefficient (Wildman–Crippen LogP) is 2.57. The Labute approximate surface area is 118 Å². The zero-order valence-corrected chi connectivity index (χ0v) is 11.7. The summed E-state index contributed by atoms with van der Waals surface area (Å²) in [5.74, 6) is 0. The van der Waals surface area contributed by atoms with E-state index in [-0.39, 0.29) is 6.04 Å². The molecule has 0 fully saturated rings. The van der Waals surface area contributed by atoms with Crippen LogP contribution in [0.5, 0.6) is 0 Å². The molecule has 0 bridgehead atoms. The topological polar surface area (TPSA) is 62.9 Å². The maximum absolute atomic E-state index is 8.79. The van der Waals surface area contributed by atoms with Crippen LogP contribution < -0.4 is 5.32 Å². The average Bonchev–Trinajstić information content (AvgIpc) is 2.92. The van der Waals surface area contributed by atoms with Crippen molar-refractivity contribution in [3.8, 4) is 6.07 Å². The Hall–Kier alpha value is -2.32. The van der Waals surface area contributed by atoms with Crippen LogP contribution in [-0.4, -0.2) is 23.5 Å². The molecule has 1 heterocycles. The van der Waals surface area contributed by atoms with Crippen LogP contribution in [-0.2, 0) is 11.3 Å². The number of nitrogens with zero attached hydrogens (tertiary/aromatic N) is 3. The third-order valence-corrected chi connectivity index (χ3v) is 3.08. The van der Waals surface area contributed by atoms with E-state index in [2.05, 4.69) is 23.4 Å². The number of aromatic nitrogens is 2. The molecule has 2 aromatic rings. The molecular formula is C15H18N4O. The van der Waals surface area contributed by atoms with Gasteiger partial charge in [0, 0.05) is 19.3 Å². The largest absolute Gasteiger partial charge is 0.383 e. The van der Waals surface area contributed by atoms with Gasteiger partial charge in [-0.05, 0) is 24.6 Å².